The summed E-state index contributed by atoms with van der Waals surface area (Å²) in [5, 5.41) is 22.2. The van der Waals surface area contributed by atoms with Gasteiger partial charge in [-0.2, -0.15) is 0 Å². The van der Waals surface area contributed by atoms with Gasteiger partial charge in [-0.15, -0.1) is 0 Å². The first-order valence-electron chi connectivity index (χ1n) is 23.6. The fraction of sp³-hybridized carbons (Fsp3) is 0.228. The second kappa shape index (κ2) is 23.3. The van der Waals surface area contributed by atoms with Crippen LogP contribution in [-0.4, -0.2) is 76.2 Å². The third-order valence-corrected chi connectivity index (χ3v) is 12.7. The maximum absolute atomic E-state index is 15.5. The van der Waals surface area contributed by atoms with Crippen molar-refractivity contribution in [2.24, 2.45) is 5.92 Å². The molecule has 4 amide bonds. The standard InChI is InChI=1S/C57H54FN5O8/c58-46-17-9-7-15-41(46)31-49-52(64)33-42(54(66)61-48(57(69)70)28-23-36-11-3-1-4-12-36)29-37-21-26-44(27-22-37)71-35-53(65)60-51(32-43-34-59-47-18-10-8-16-45(43)47)56(68)63-50(55(67)62-49)30-38-19-24-40(25-20-38)39-13-5-2-6-14-39/h1-22,24-27,34,42,48-51,59H,23,28-33,35H2,(H,60,65)(H,61,66)(H,62,67)(H,63,68)(H,69,70)/t42-,48-,49+,50-,51+/m1/s1. The highest BCUT2D eigenvalue weighted by molar-refractivity contribution is 5.97. The van der Waals surface area contributed by atoms with E-state index in [0.717, 1.165) is 33.2 Å². The molecule has 1 aromatic heterocycles. The fourth-order valence-electron chi connectivity index (χ4n) is 8.85. The number of nitrogens with one attached hydrogen (secondary N) is 5. The number of carboxylic acid groups (broad SMARTS) is 1. The number of para-hydroxylation sites is 1. The molecule has 0 aliphatic carbocycles. The van der Waals surface area contributed by atoms with E-state index in [1.54, 1.807) is 36.5 Å². The fourth-order valence-corrected chi connectivity index (χ4v) is 8.85. The van der Waals surface area contributed by atoms with Crippen molar-refractivity contribution in [2.75, 3.05) is 6.61 Å². The topological polar surface area (TPSA) is 196 Å². The van der Waals surface area contributed by atoms with Crippen molar-refractivity contribution in [3.63, 3.8) is 0 Å². The number of benzene rings is 6. The predicted molar refractivity (Wildman–Crippen MR) is 267 cm³/mol. The number of halogens is 1. The molecule has 0 spiro atoms. The maximum Gasteiger partial charge on any atom is 0.326 e. The molecular formula is C57H54FN5O8. The molecule has 2 aliphatic heterocycles. The van der Waals surface area contributed by atoms with E-state index >= 15 is 4.39 Å². The molecule has 14 heteroatoms. The number of Topliss-reactive ketones (excluding diaryl/α,β-unsaturated/α-hetero) is 1. The largest absolute Gasteiger partial charge is 0.484 e. The number of aromatic amines is 1. The van der Waals surface area contributed by atoms with Gasteiger partial charge in [0.05, 0.1) is 6.04 Å². The molecule has 2 aliphatic rings. The van der Waals surface area contributed by atoms with Crippen LogP contribution < -0.4 is 26.0 Å². The van der Waals surface area contributed by atoms with Gasteiger partial charge in [0.1, 0.15) is 29.7 Å². The monoisotopic (exact) mass is 955 g/mol. The normalized spacial score (nSPS) is 18.4. The van der Waals surface area contributed by atoms with Crippen LogP contribution in [0.1, 0.15) is 40.7 Å². The van der Waals surface area contributed by atoms with Crippen LogP contribution in [0, 0.1) is 11.7 Å². The molecule has 0 fully saturated rings. The molecule has 0 unspecified atom stereocenters. The molecular weight excluding hydrogens is 902 g/mol. The number of aliphatic carboxylic acids is 1. The van der Waals surface area contributed by atoms with Crippen molar-refractivity contribution in [3.8, 4) is 16.9 Å². The van der Waals surface area contributed by atoms with Crippen LogP contribution in [0.5, 0.6) is 5.75 Å². The van der Waals surface area contributed by atoms with E-state index in [1.807, 2.05) is 109 Å². The number of H-pyrrole nitrogens is 1. The zero-order valence-corrected chi connectivity index (χ0v) is 38.8. The molecule has 6 N–H and O–H groups in total. The second-order valence-corrected chi connectivity index (χ2v) is 17.8. The SMILES string of the molecule is O=C1COc2ccc(cc2)C[C@@H](C(=O)N[C@H](CCc2ccccc2)C(=O)O)CC(=O)[C@H](Cc2ccccc2F)NC(=O)[C@@H](Cc2ccc(-c3ccccc3)cc2)NC(=O)[C@H](Cc2c[nH]c3ccccc23)N1. The van der Waals surface area contributed by atoms with E-state index in [-0.39, 0.29) is 37.7 Å². The highest BCUT2D eigenvalue weighted by atomic mass is 19.1. The van der Waals surface area contributed by atoms with Crippen molar-refractivity contribution >= 4 is 46.3 Å². The van der Waals surface area contributed by atoms with Gasteiger partial charge in [-0.25, -0.2) is 9.18 Å². The number of aryl methyl sites for hydroxylation is 1. The first-order chi connectivity index (χ1) is 34.4. The third-order valence-electron chi connectivity index (χ3n) is 12.7. The van der Waals surface area contributed by atoms with E-state index in [9.17, 15) is 33.9 Å². The number of ether oxygens (including phenoxy) is 1. The zero-order chi connectivity index (χ0) is 49.7. The Morgan fingerprint density at radius 1 is 0.634 bits per heavy atom. The Bertz CT molecular complexity index is 2980. The molecule has 7 aromatic rings. The van der Waals surface area contributed by atoms with Gasteiger partial charge >= 0.3 is 5.97 Å². The number of rotatable bonds is 13. The smallest absolute Gasteiger partial charge is 0.326 e. The van der Waals surface area contributed by atoms with Gasteiger partial charge in [0.2, 0.25) is 17.7 Å². The van der Waals surface area contributed by atoms with Gasteiger partial charge in [0.15, 0.2) is 12.4 Å². The van der Waals surface area contributed by atoms with E-state index in [1.165, 1.54) is 18.2 Å². The van der Waals surface area contributed by atoms with Crippen LogP contribution in [0.25, 0.3) is 22.0 Å². The first kappa shape index (κ1) is 49.0. The third kappa shape index (κ3) is 13.2. The van der Waals surface area contributed by atoms with Gasteiger partial charge in [-0.3, -0.25) is 24.0 Å². The van der Waals surface area contributed by atoms with Crippen molar-refractivity contribution in [1.29, 1.82) is 0 Å². The van der Waals surface area contributed by atoms with Gasteiger partial charge in [0.25, 0.3) is 5.91 Å². The summed E-state index contributed by atoms with van der Waals surface area (Å²) in [6.45, 7) is -0.467. The van der Waals surface area contributed by atoms with E-state index in [0.29, 0.717) is 23.3 Å². The van der Waals surface area contributed by atoms with Crippen LogP contribution >= 0.6 is 0 Å². The summed E-state index contributed by atoms with van der Waals surface area (Å²) in [4.78, 5) is 88.0. The number of amides is 4. The highest BCUT2D eigenvalue weighted by Crippen LogP contribution is 2.24. The summed E-state index contributed by atoms with van der Waals surface area (Å²) in [7, 11) is 0. The van der Waals surface area contributed by atoms with Crippen molar-refractivity contribution in [3.05, 3.63) is 198 Å². The number of hydrogen-bond donors (Lipinski definition) is 6. The Morgan fingerprint density at radius 3 is 1.97 bits per heavy atom. The van der Waals surface area contributed by atoms with Crippen molar-refractivity contribution in [2.45, 2.75) is 69.1 Å². The molecule has 71 heavy (non-hydrogen) atoms. The molecule has 2 bridgehead atoms. The average Bonchev–Trinajstić information content (AvgIpc) is 3.79. The summed E-state index contributed by atoms with van der Waals surface area (Å²) in [6, 6.07) is 41.0. The molecule has 9 rings (SSSR count). The molecule has 0 saturated carbocycles. The maximum atomic E-state index is 15.5. The summed E-state index contributed by atoms with van der Waals surface area (Å²) in [6.07, 6.45) is 1.35. The van der Waals surface area contributed by atoms with Gasteiger partial charge in [0, 0.05) is 48.7 Å². The minimum Gasteiger partial charge on any atom is -0.484 e. The van der Waals surface area contributed by atoms with Crippen molar-refractivity contribution < 1.29 is 43.0 Å². The number of aromatic nitrogens is 1. The lowest BCUT2D eigenvalue weighted by atomic mass is 9.89. The number of hydrogen-bond acceptors (Lipinski definition) is 7. The summed E-state index contributed by atoms with van der Waals surface area (Å²) < 4.78 is 21.3. The molecule has 0 radical (unpaired) electrons. The van der Waals surface area contributed by atoms with Crippen LogP contribution in [0.4, 0.5) is 4.39 Å². The Labute approximate surface area is 410 Å². The molecule has 362 valence electrons. The Morgan fingerprint density at radius 2 is 1.25 bits per heavy atom. The van der Waals surface area contributed by atoms with E-state index in [2.05, 4.69) is 26.3 Å². The molecule has 6 aromatic carbocycles. The van der Waals surface area contributed by atoms with Gasteiger partial charge in [-0.1, -0.05) is 133 Å². The molecule has 3 heterocycles. The van der Waals surface area contributed by atoms with Crippen LogP contribution in [0.3, 0.4) is 0 Å². The zero-order valence-electron chi connectivity index (χ0n) is 38.8. The van der Waals surface area contributed by atoms with Gasteiger partial charge in [-0.05, 0) is 82.5 Å². The molecule has 5 atom stereocenters. The van der Waals surface area contributed by atoms with Crippen molar-refractivity contribution in [1.82, 2.24) is 26.3 Å². The number of carbonyl (C=O) groups excluding carboxylic acids is 5. The Balaban J connectivity index is 1.14. The predicted octanol–water partition coefficient (Wildman–Crippen LogP) is 6.87. The number of carbonyl (C=O) groups is 6. The minimum atomic E-state index is -1.41. The van der Waals surface area contributed by atoms with Crippen LogP contribution in [0.2, 0.25) is 0 Å². The summed E-state index contributed by atoms with van der Waals surface area (Å²) in [5.41, 5.74) is 5.69. The minimum absolute atomic E-state index is 0.0308. The quantitative estimate of drug-likeness (QED) is 0.0674. The lowest BCUT2D eigenvalue weighted by Gasteiger charge is -2.27. The Kier molecular flexibility index (Phi) is 16.1. The molecule has 13 nitrogen and oxygen atoms in total. The molecule has 0 saturated heterocycles. The van der Waals surface area contributed by atoms with E-state index in [4.69, 9.17) is 4.74 Å². The number of carboxylic acids is 1. The lowest BCUT2D eigenvalue weighted by Crippen LogP contribution is -2.57. The van der Waals surface area contributed by atoms with Crippen LogP contribution in [0.15, 0.2) is 164 Å². The van der Waals surface area contributed by atoms with E-state index < -0.39 is 84.3 Å². The summed E-state index contributed by atoms with van der Waals surface area (Å²) in [5.74, 6) is -6.13. The average molecular weight is 956 g/mol. The van der Waals surface area contributed by atoms with Crippen LogP contribution in [-0.2, 0) is 60.9 Å². The number of fused-ring (bicyclic) bond motifs is 17. The highest BCUT2D eigenvalue weighted by Gasteiger charge is 2.34. The Hall–Kier alpha value is -8.39. The summed E-state index contributed by atoms with van der Waals surface area (Å²) >= 11 is 0. The first-order valence-corrected chi connectivity index (χ1v) is 23.6. The van der Waals surface area contributed by atoms with Gasteiger partial charge < -0.3 is 36.1 Å². The number of ketones is 1. The lowest BCUT2D eigenvalue weighted by molar-refractivity contribution is -0.143. The second-order valence-electron chi connectivity index (χ2n) is 17.8.